The van der Waals surface area contributed by atoms with Crippen molar-refractivity contribution >= 4 is 17.4 Å². The molecule has 0 fully saturated rings. The van der Waals surface area contributed by atoms with Gasteiger partial charge in [0, 0.05) is 12.0 Å². The Balaban J connectivity index is 2.41. The van der Waals surface area contributed by atoms with Crippen LogP contribution in [-0.4, -0.2) is 17.3 Å². The quantitative estimate of drug-likeness (QED) is 0.817. The highest BCUT2D eigenvalue weighted by molar-refractivity contribution is 5.99. The number of ketones is 1. The van der Waals surface area contributed by atoms with Crippen molar-refractivity contribution in [2.24, 2.45) is 0 Å². The summed E-state index contributed by atoms with van der Waals surface area (Å²) in [4.78, 5) is 23.4. The van der Waals surface area contributed by atoms with Gasteiger partial charge in [0.25, 0.3) is 0 Å². The molecule has 1 aliphatic rings. The Labute approximate surface area is 106 Å². The van der Waals surface area contributed by atoms with Gasteiger partial charge in [0.15, 0.2) is 5.78 Å². The number of Topliss-reactive ketones (excluding diaryl/α,β-unsaturated/α-hetero) is 1. The third kappa shape index (κ3) is 2.53. The SMILES string of the molecule is CCC(=O)c1ccc2c(c1)NC(=O)CC(C)(C)O2. The van der Waals surface area contributed by atoms with E-state index in [2.05, 4.69) is 5.32 Å². The van der Waals surface area contributed by atoms with Crippen LogP contribution in [0.15, 0.2) is 18.2 Å². The average molecular weight is 247 g/mol. The predicted octanol–water partition coefficient (Wildman–Crippen LogP) is 2.78. The van der Waals surface area contributed by atoms with Gasteiger partial charge in [-0.15, -0.1) is 0 Å². The number of carbonyl (C=O) groups is 2. The molecule has 1 N–H and O–H groups in total. The lowest BCUT2D eigenvalue weighted by Gasteiger charge is -2.23. The van der Waals surface area contributed by atoms with Crippen molar-refractivity contribution in [2.75, 3.05) is 5.32 Å². The van der Waals surface area contributed by atoms with Crippen LogP contribution in [0.3, 0.4) is 0 Å². The van der Waals surface area contributed by atoms with Gasteiger partial charge in [-0.3, -0.25) is 9.59 Å². The van der Waals surface area contributed by atoms with Crippen LogP contribution in [0.1, 0.15) is 44.0 Å². The molecule has 0 saturated carbocycles. The van der Waals surface area contributed by atoms with E-state index in [1.54, 1.807) is 18.2 Å². The first kappa shape index (κ1) is 12.6. The van der Waals surface area contributed by atoms with Crippen molar-refractivity contribution in [2.45, 2.75) is 39.2 Å². The van der Waals surface area contributed by atoms with E-state index in [0.29, 0.717) is 29.8 Å². The van der Waals surface area contributed by atoms with E-state index in [1.807, 2.05) is 20.8 Å². The number of ether oxygens (including phenoxy) is 1. The number of anilines is 1. The Morgan fingerprint density at radius 2 is 2.17 bits per heavy atom. The molecule has 0 bridgehead atoms. The monoisotopic (exact) mass is 247 g/mol. The number of rotatable bonds is 2. The van der Waals surface area contributed by atoms with Gasteiger partial charge in [-0.05, 0) is 32.0 Å². The van der Waals surface area contributed by atoms with Gasteiger partial charge >= 0.3 is 0 Å². The number of amides is 1. The summed E-state index contributed by atoms with van der Waals surface area (Å²) >= 11 is 0. The minimum Gasteiger partial charge on any atom is -0.485 e. The highest BCUT2D eigenvalue weighted by atomic mass is 16.5. The minimum atomic E-state index is -0.536. The highest BCUT2D eigenvalue weighted by Crippen LogP contribution is 2.33. The van der Waals surface area contributed by atoms with E-state index in [-0.39, 0.29) is 11.7 Å². The largest absolute Gasteiger partial charge is 0.485 e. The second-order valence-electron chi connectivity index (χ2n) is 5.07. The molecule has 1 heterocycles. The zero-order chi connectivity index (χ0) is 13.3. The predicted molar refractivity (Wildman–Crippen MR) is 69.0 cm³/mol. The molecular weight excluding hydrogens is 230 g/mol. The Bertz CT molecular complexity index is 506. The van der Waals surface area contributed by atoms with Gasteiger partial charge < -0.3 is 10.1 Å². The molecule has 0 spiro atoms. The van der Waals surface area contributed by atoms with Crippen molar-refractivity contribution in [3.8, 4) is 5.75 Å². The smallest absolute Gasteiger partial charge is 0.228 e. The molecular formula is C14H17NO3. The fourth-order valence-corrected chi connectivity index (χ4v) is 2.01. The molecule has 18 heavy (non-hydrogen) atoms. The highest BCUT2D eigenvalue weighted by Gasteiger charge is 2.29. The van der Waals surface area contributed by atoms with E-state index in [9.17, 15) is 9.59 Å². The third-order valence-corrected chi connectivity index (χ3v) is 2.87. The summed E-state index contributed by atoms with van der Waals surface area (Å²) in [6.45, 7) is 5.55. The number of hydrogen-bond acceptors (Lipinski definition) is 3. The molecule has 1 amide bonds. The molecule has 4 heteroatoms. The van der Waals surface area contributed by atoms with Crippen molar-refractivity contribution in [1.29, 1.82) is 0 Å². The molecule has 2 rings (SSSR count). The molecule has 96 valence electrons. The van der Waals surface area contributed by atoms with Crippen molar-refractivity contribution in [1.82, 2.24) is 0 Å². The van der Waals surface area contributed by atoms with Crippen LogP contribution < -0.4 is 10.1 Å². The summed E-state index contributed by atoms with van der Waals surface area (Å²) in [5.74, 6) is 0.564. The molecule has 4 nitrogen and oxygen atoms in total. The minimum absolute atomic E-state index is 0.0514. The lowest BCUT2D eigenvalue weighted by atomic mass is 10.1. The first-order valence-corrected chi connectivity index (χ1v) is 6.07. The standard InChI is InChI=1S/C14H17NO3/c1-4-11(16)9-5-6-12-10(7-9)15-13(17)8-14(2,3)18-12/h5-7H,4,8H2,1-3H3,(H,15,17). The topological polar surface area (TPSA) is 55.4 Å². The van der Waals surface area contributed by atoms with Gasteiger partial charge in [0.1, 0.15) is 11.4 Å². The lowest BCUT2D eigenvalue weighted by molar-refractivity contribution is -0.118. The Hall–Kier alpha value is -1.84. The van der Waals surface area contributed by atoms with Crippen LogP contribution in [0, 0.1) is 0 Å². The fourth-order valence-electron chi connectivity index (χ4n) is 2.01. The zero-order valence-corrected chi connectivity index (χ0v) is 10.9. The van der Waals surface area contributed by atoms with Gasteiger partial charge in [0.05, 0.1) is 12.1 Å². The molecule has 0 aliphatic carbocycles. The number of hydrogen-bond donors (Lipinski definition) is 1. The van der Waals surface area contributed by atoms with Gasteiger partial charge in [-0.25, -0.2) is 0 Å². The second-order valence-corrected chi connectivity index (χ2v) is 5.07. The molecule has 0 atom stereocenters. The maximum atomic E-state index is 11.7. The Morgan fingerprint density at radius 1 is 1.44 bits per heavy atom. The average Bonchev–Trinajstić information content (AvgIpc) is 2.40. The van der Waals surface area contributed by atoms with E-state index in [4.69, 9.17) is 4.74 Å². The van der Waals surface area contributed by atoms with E-state index < -0.39 is 5.60 Å². The lowest BCUT2D eigenvalue weighted by Crippen LogP contribution is -2.30. The molecule has 0 aromatic heterocycles. The molecule has 0 unspecified atom stereocenters. The van der Waals surface area contributed by atoms with E-state index in [0.717, 1.165) is 0 Å². The van der Waals surface area contributed by atoms with Crippen molar-refractivity contribution in [3.63, 3.8) is 0 Å². The Morgan fingerprint density at radius 3 is 2.83 bits per heavy atom. The summed E-state index contributed by atoms with van der Waals surface area (Å²) in [5, 5.41) is 2.78. The van der Waals surface area contributed by atoms with Crippen molar-refractivity contribution in [3.05, 3.63) is 23.8 Å². The summed E-state index contributed by atoms with van der Waals surface area (Å²) in [6.07, 6.45) is 0.734. The molecule has 1 aromatic rings. The van der Waals surface area contributed by atoms with E-state index >= 15 is 0 Å². The first-order chi connectivity index (χ1) is 8.41. The van der Waals surface area contributed by atoms with Crippen molar-refractivity contribution < 1.29 is 14.3 Å². The fraction of sp³-hybridized carbons (Fsp3) is 0.429. The Kier molecular flexibility index (Phi) is 3.11. The van der Waals surface area contributed by atoms with Crippen LogP contribution in [0.25, 0.3) is 0 Å². The third-order valence-electron chi connectivity index (χ3n) is 2.87. The summed E-state index contributed by atoms with van der Waals surface area (Å²) < 4.78 is 5.79. The van der Waals surface area contributed by atoms with Gasteiger partial charge in [0.2, 0.25) is 5.91 Å². The van der Waals surface area contributed by atoms with Crippen LogP contribution in [0.2, 0.25) is 0 Å². The zero-order valence-electron chi connectivity index (χ0n) is 10.9. The van der Waals surface area contributed by atoms with Gasteiger partial charge in [-0.1, -0.05) is 6.92 Å². The van der Waals surface area contributed by atoms with Gasteiger partial charge in [-0.2, -0.15) is 0 Å². The van der Waals surface area contributed by atoms with Crippen LogP contribution in [0.4, 0.5) is 5.69 Å². The van der Waals surface area contributed by atoms with Crippen LogP contribution >= 0.6 is 0 Å². The van der Waals surface area contributed by atoms with Crippen LogP contribution in [0.5, 0.6) is 5.75 Å². The molecule has 1 aliphatic heterocycles. The number of nitrogens with one attached hydrogen (secondary N) is 1. The first-order valence-electron chi connectivity index (χ1n) is 6.07. The molecule has 0 radical (unpaired) electrons. The number of fused-ring (bicyclic) bond motifs is 1. The maximum absolute atomic E-state index is 11.7. The summed E-state index contributed by atoms with van der Waals surface area (Å²) in [5.41, 5.74) is 0.635. The number of carbonyl (C=O) groups excluding carboxylic acids is 2. The van der Waals surface area contributed by atoms with Crippen LogP contribution in [-0.2, 0) is 4.79 Å². The molecule has 1 aromatic carbocycles. The number of benzene rings is 1. The maximum Gasteiger partial charge on any atom is 0.228 e. The molecule has 0 saturated heterocycles. The summed E-state index contributed by atoms with van der Waals surface area (Å²) in [6, 6.07) is 5.16. The summed E-state index contributed by atoms with van der Waals surface area (Å²) in [7, 11) is 0. The normalized spacial score (nSPS) is 17.2. The second kappa shape index (κ2) is 4.44. The van der Waals surface area contributed by atoms with E-state index in [1.165, 1.54) is 0 Å².